The third-order valence-electron chi connectivity index (χ3n) is 3.82. The largest absolute Gasteiger partial charge is 0.480 e. The third kappa shape index (κ3) is 2.36. The van der Waals surface area contributed by atoms with E-state index < -0.39 is 27.8 Å². The van der Waals surface area contributed by atoms with Crippen LogP contribution in [-0.2, 0) is 19.4 Å². The summed E-state index contributed by atoms with van der Waals surface area (Å²) in [6.45, 7) is 2.21. The molecule has 2 aliphatic heterocycles. The maximum atomic E-state index is 12.2. The fourth-order valence-electron chi connectivity index (χ4n) is 2.80. The summed E-state index contributed by atoms with van der Waals surface area (Å²) >= 11 is 0. The number of hydrogen-bond acceptors (Lipinski definition) is 4. The van der Waals surface area contributed by atoms with E-state index in [9.17, 15) is 18.0 Å². The lowest BCUT2D eigenvalue weighted by atomic mass is 10.0. The number of likely N-dealkylation sites (tertiary alicyclic amines) is 1. The van der Waals surface area contributed by atoms with Crippen molar-refractivity contribution in [2.75, 3.05) is 18.1 Å². The van der Waals surface area contributed by atoms with Crippen molar-refractivity contribution >= 4 is 21.7 Å². The van der Waals surface area contributed by atoms with Gasteiger partial charge in [0.1, 0.15) is 6.04 Å². The Balaban J connectivity index is 2.12. The van der Waals surface area contributed by atoms with Gasteiger partial charge in [0.05, 0.1) is 17.4 Å². The number of carboxylic acid groups (broad SMARTS) is 1. The maximum absolute atomic E-state index is 12.2. The van der Waals surface area contributed by atoms with Crippen LogP contribution < -0.4 is 0 Å². The first-order valence-electron chi connectivity index (χ1n) is 6.05. The number of sulfone groups is 1. The summed E-state index contributed by atoms with van der Waals surface area (Å²) < 4.78 is 22.7. The molecule has 2 fully saturated rings. The Morgan fingerprint density at radius 3 is 2.44 bits per heavy atom. The zero-order chi connectivity index (χ0) is 13.5. The van der Waals surface area contributed by atoms with Gasteiger partial charge in [0, 0.05) is 6.54 Å². The van der Waals surface area contributed by atoms with E-state index in [4.69, 9.17) is 5.11 Å². The second kappa shape index (κ2) is 4.53. The van der Waals surface area contributed by atoms with Gasteiger partial charge in [0.15, 0.2) is 9.84 Å². The van der Waals surface area contributed by atoms with Gasteiger partial charge in [-0.2, -0.15) is 0 Å². The minimum absolute atomic E-state index is 0.0323. The van der Waals surface area contributed by atoms with E-state index in [0.717, 1.165) is 0 Å². The van der Waals surface area contributed by atoms with Gasteiger partial charge in [0.2, 0.25) is 5.91 Å². The van der Waals surface area contributed by atoms with E-state index in [2.05, 4.69) is 0 Å². The van der Waals surface area contributed by atoms with Crippen LogP contribution in [-0.4, -0.2) is 54.4 Å². The molecule has 2 heterocycles. The van der Waals surface area contributed by atoms with E-state index in [1.165, 1.54) is 4.90 Å². The fourth-order valence-corrected chi connectivity index (χ4v) is 4.53. The van der Waals surface area contributed by atoms with E-state index in [-0.39, 0.29) is 23.3 Å². The number of nitrogens with zero attached hydrogens (tertiary/aromatic N) is 1. The Morgan fingerprint density at radius 2 is 1.94 bits per heavy atom. The molecule has 0 aliphatic carbocycles. The molecular weight excluding hydrogens is 258 g/mol. The second-order valence-electron chi connectivity index (χ2n) is 5.18. The number of hydrogen-bond donors (Lipinski definition) is 1. The zero-order valence-electron chi connectivity index (χ0n) is 10.2. The predicted molar refractivity (Wildman–Crippen MR) is 63.7 cm³/mol. The Morgan fingerprint density at radius 1 is 1.28 bits per heavy atom. The van der Waals surface area contributed by atoms with Crippen molar-refractivity contribution in [3.8, 4) is 0 Å². The van der Waals surface area contributed by atoms with Gasteiger partial charge < -0.3 is 10.0 Å². The topological polar surface area (TPSA) is 91.8 Å². The summed E-state index contributed by atoms with van der Waals surface area (Å²) in [7, 11) is -3.12. The molecule has 102 valence electrons. The summed E-state index contributed by atoms with van der Waals surface area (Å²) in [5.41, 5.74) is 0. The zero-order valence-corrected chi connectivity index (χ0v) is 11.0. The first-order chi connectivity index (χ1) is 8.32. The molecule has 3 atom stereocenters. The molecule has 6 nitrogen and oxygen atoms in total. The van der Waals surface area contributed by atoms with E-state index in [1.807, 2.05) is 0 Å². The summed E-state index contributed by atoms with van der Waals surface area (Å²) in [5.74, 6) is -2.05. The molecule has 1 amide bonds. The third-order valence-corrected chi connectivity index (χ3v) is 5.59. The number of aliphatic carboxylic acids is 1. The van der Waals surface area contributed by atoms with Gasteiger partial charge in [-0.25, -0.2) is 13.2 Å². The fraction of sp³-hybridized carbons (Fsp3) is 0.818. The first-order valence-corrected chi connectivity index (χ1v) is 7.87. The number of rotatable bonds is 2. The summed E-state index contributed by atoms with van der Waals surface area (Å²) in [5, 5.41) is 9.14. The molecule has 7 heteroatoms. The van der Waals surface area contributed by atoms with Crippen molar-refractivity contribution in [1.82, 2.24) is 4.90 Å². The lowest BCUT2D eigenvalue weighted by molar-refractivity contribution is -0.150. The lowest BCUT2D eigenvalue weighted by Crippen LogP contribution is -2.45. The van der Waals surface area contributed by atoms with Crippen LogP contribution in [0.5, 0.6) is 0 Å². The molecule has 0 aromatic heterocycles. The van der Waals surface area contributed by atoms with E-state index >= 15 is 0 Å². The molecule has 3 unspecified atom stereocenters. The molecule has 2 aliphatic rings. The predicted octanol–water partition coefficient (Wildman–Crippen LogP) is -0.257. The monoisotopic (exact) mass is 275 g/mol. The van der Waals surface area contributed by atoms with Crippen LogP contribution >= 0.6 is 0 Å². The van der Waals surface area contributed by atoms with Crippen LogP contribution in [0, 0.1) is 11.8 Å². The van der Waals surface area contributed by atoms with Crippen LogP contribution in [0.1, 0.15) is 19.8 Å². The van der Waals surface area contributed by atoms with E-state index in [0.29, 0.717) is 19.4 Å². The van der Waals surface area contributed by atoms with Crippen LogP contribution in [0.2, 0.25) is 0 Å². The van der Waals surface area contributed by atoms with Crippen LogP contribution in [0.15, 0.2) is 0 Å². The quantitative estimate of drug-likeness (QED) is 0.750. The molecule has 2 rings (SSSR count). The van der Waals surface area contributed by atoms with Crippen molar-refractivity contribution in [3.05, 3.63) is 0 Å². The van der Waals surface area contributed by atoms with Crippen LogP contribution in [0.4, 0.5) is 0 Å². The highest BCUT2D eigenvalue weighted by molar-refractivity contribution is 7.91. The van der Waals surface area contributed by atoms with Gasteiger partial charge in [-0.1, -0.05) is 6.92 Å². The SMILES string of the molecule is CC1CCN(C(=O)C2CCS(=O)(=O)C2)C1C(=O)O. The second-order valence-corrected chi connectivity index (χ2v) is 7.41. The van der Waals surface area contributed by atoms with Gasteiger partial charge in [0.25, 0.3) is 0 Å². The van der Waals surface area contributed by atoms with Crippen molar-refractivity contribution in [2.45, 2.75) is 25.8 Å². The van der Waals surface area contributed by atoms with Crippen molar-refractivity contribution in [1.29, 1.82) is 0 Å². The van der Waals surface area contributed by atoms with Crippen molar-refractivity contribution in [2.24, 2.45) is 11.8 Å². The van der Waals surface area contributed by atoms with E-state index in [1.54, 1.807) is 6.92 Å². The van der Waals surface area contributed by atoms with Crippen LogP contribution in [0.25, 0.3) is 0 Å². The van der Waals surface area contributed by atoms with Crippen molar-refractivity contribution in [3.63, 3.8) is 0 Å². The first kappa shape index (κ1) is 13.3. The van der Waals surface area contributed by atoms with Gasteiger partial charge in [-0.05, 0) is 18.8 Å². The number of carboxylic acids is 1. The minimum Gasteiger partial charge on any atom is -0.480 e. The highest BCUT2D eigenvalue weighted by Crippen LogP contribution is 2.29. The average molecular weight is 275 g/mol. The molecule has 0 aromatic carbocycles. The Hall–Kier alpha value is -1.11. The molecule has 0 bridgehead atoms. The Labute approximate surface area is 106 Å². The van der Waals surface area contributed by atoms with Crippen molar-refractivity contribution < 1.29 is 23.1 Å². The van der Waals surface area contributed by atoms with Gasteiger partial charge in [-0.3, -0.25) is 4.79 Å². The van der Waals surface area contributed by atoms with Gasteiger partial charge >= 0.3 is 5.97 Å². The molecular formula is C11H17NO5S. The highest BCUT2D eigenvalue weighted by Gasteiger charge is 2.44. The lowest BCUT2D eigenvalue weighted by Gasteiger charge is -2.25. The normalized spacial score (nSPS) is 34.7. The average Bonchev–Trinajstić information content (AvgIpc) is 2.80. The molecule has 0 spiro atoms. The minimum atomic E-state index is -3.12. The summed E-state index contributed by atoms with van der Waals surface area (Å²) in [4.78, 5) is 24.7. The number of carbonyl (C=O) groups is 2. The summed E-state index contributed by atoms with van der Waals surface area (Å²) in [6.07, 6.45) is 0.973. The number of amides is 1. The molecule has 18 heavy (non-hydrogen) atoms. The molecule has 0 saturated carbocycles. The Bertz CT molecular complexity index is 472. The van der Waals surface area contributed by atoms with Crippen LogP contribution in [0.3, 0.4) is 0 Å². The molecule has 1 N–H and O–H groups in total. The standard InChI is InChI=1S/C11H17NO5S/c1-7-2-4-12(9(7)11(14)15)10(13)8-3-5-18(16,17)6-8/h7-9H,2-6H2,1H3,(H,14,15). The molecule has 0 aromatic rings. The smallest absolute Gasteiger partial charge is 0.326 e. The van der Waals surface area contributed by atoms with Gasteiger partial charge in [-0.15, -0.1) is 0 Å². The Kier molecular flexibility index (Phi) is 3.35. The molecule has 0 radical (unpaired) electrons. The number of carbonyl (C=O) groups excluding carboxylic acids is 1. The summed E-state index contributed by atoms with van der Waals surface area (Å²) in [6, 6.07) is -0.805. The highest BCUT2D eigenvalue weighted by atomic mass is 32.2. The maximum Gasteiger partial charge on any atom is 0.326 e. The molecule has 2 saturated heterocycles.